The minimum atomic E-state index is 0.108. The molecule has 0 N–H and O–H groups in total. The topological polar surface area (TPSA) is 32.8 Å². The zero-order chi connectivity index (χ0) is 19.7. The lowest BCUT2D eigenvalue weighted by molar-refractivity contribution is 0.0628. The first-order valence-electron chi connectivity index (χ1n) is 10.3. The van der Waals surface area contributed by atoms with Crippen LogP contribution < -0.4 is 4.74 Å². The minimum Gasteiger partial charge on any atom is -0.493 e. The van der Waals surface area contributed by atoms with Gasteiger partial charge in [-0.2, -0.15) is 0 Å². The van der Waals surface area contributed by atoms with Crippen LogP contribution in [0.2, 0.25) is 0 Å². The Hall–Kier alpha value is -2.33. The third-order valence-corrected chi connectivity index (χ3v) is 5.82. The lowest BCUT2D eigenvalue weighted by atomic mass is 9.86. The van der Waals surface area contributed by atoms with E-state index in [-0.39, 0.29) is 11.3 Å². The number of piperazine rings is 1. The van der Waals surface area contributed by atoms with Crippen LogP contribution in [0.4, 0.5) is 0 Å². The summed E-state index contributed by atoms with van der Waals surface area (Å²) in [6.07, 6.45) is 1.01. The van der Waals surface area contributed by atoms with Crippen LogP contribution in [0.5, 0.6) is 5.75 Å². The number of nitrogens with zero attached hydrogens (tertiary/aromatic N) is 2. The van der Waals surface area contributed by atoms with Crippen LogP contribution in [0.25, 0.3) is 0 Å². The van der Waals surface area contributed by atoms with Gasteiger partial charge in [-0.25, -0.2) is 0 Å². The van der Waals surface area contributed by atoms with Crippen LogP contribution >= 0.6 is 0 Å². The molecule has 0 saturated carbocycles. The lowest BCUT2D eigenvalue weighted by Crippen LogP contribution is -2.48. The SMILES string of the molecule is CC(C)(C)c1ccc(C(=O)N2CCN(Cc3ccc4c(c3)CCO4)CC2)cc1. The average Bonchev–Trinajstić information content (AvgIpc) is 3.15. The number of carbonyl (C=O) groups is 1. The van der Waals surface area contributed by atoms with Gasteiger partial charge in [-0.15, -0.1) is 0 Å². The Bertz CT molecular complexity index is 844. The summed E-state index contributed by atoms with van der Waals surface area (Å²) in [5, 5.41) is 0. The summed E-state index contributed by atoms with van der Waals surface area (Å²) in [5.74, 6) is 1.19. The Balaban J connectivity index is 1.33. The Morgan fingerprint density at radius 1 is 1.00 bits per heavy atom. The van der Waals surface area contributed by atoms with Gasteiger partial charge in [0.1, 0.15) is 5.75 Å². The first-order valence-corrected chi connectivity index (χ1v) is 10.3. The number of ether oxygens (including phenoxy) is 1. The summed E-state index contributed by atoms with van der Waals surface area (Å²) in [6.45, 7) is 11.7. The molecule has 0 aromatic heterocycles. The fourth-order valence-corrected chi connectivity index (χ4v) is 4.00. The van der Waals surface area contributed by atoms with E-state index < -0.39 is 0 Å². The minimum absolute atomic E-state index is 0.108. The molecule has 4 nitrogen and oxygen atoms in total. The molecule has 2 aliphatic rings. The van der Waals surface area contributed by atoms with Crippen molar-refractivity contribution in [1.82, 2.24) is 9.80 Å². The van der Waals surface area contributed by atoms with Crippen LogP contribution in [-0.4, -0.2) is 48.5 Å². The monoisotopic (exact) mass is 378 g/mol. The Kier molecular flexibility index (Phi) is 5.15. The molecule has 0 aliphatic carbocycles. The third-order valence-electron chi connectivity index (χ3n) is 5.82. The Morgan fingerprint density at radius 2 is 1.71 bits per heavy atom. The summed E-state index contributed by atoms with van der Waals surface area (Å²) in [5.41, 5.74) is 4.82. The number of fused-ring (bicyclic) bond motifs is 1. The highest BCUT2D eigenvalue weighted by molar-refractivity contribution is 5.94. The molecule has 148 valence electrons. The van der Waals surface area contributed by atoms with E-state index in [2.05, 4.69) is 56.0 Å². The normalized spacial score (nSPS) is 17.3. The second-order valence-electron chi connectivity index (χ2n) is 8.94. The molecule has 0 bridgehead atoms. The molecule has 0 radical (unpaired) electrons. The van der Waals surface area contributed by atoms with Crippen molar-refractivity contribution in [2.75, 3.05) is 32.8 Å². The molecule has 1 amide bonds. The van der Waals surface area contributed by atoms with Gasteiger partial charge in [-0.1, -0.05) is 45.0 Å². The van der Waals surface area contributed by atoms with Gasteiger partial charge in [-0.05, 0) is 40.3 Å². The molecule has 2 aliphatic heterocycles. The summed E-state index contributed by atoms with van der Waals surface area (Å²) in [7, 11) is 0. The zero-order valence-electron chi connectivity index (χ0n) is 17.2. The number of hydrogen-bond donors (Lipinski definition) is 0. The second-order valence-corrected chi connectivity index (χ2v) is 8.94. The van der Waals surface area contributed by atoms with Gasteiger partial charge in [0, 0.05) is 44.7 Å². The van der Waals surface area contributed by atoms with Crippen LogP contribution in [0.1, 0.15) is 47.8 Å². The van der Waals surface area contributed by atoms with E-state index >= 15 is 0 Å². The maximum absolute atomic E-state index is 12.8. The quantitative estimate of drug-likeness (QED) is 0.813. The molecule has 4 rings (SSSR count). The lowest BCUT2D eigenvalue weighted by Gasteiger charge is -2.35. The van der Waals surface area contributed by atoms with Crippen LogP contribution in [0.15, 0.2) is 42.5 Å². The van der Waals surface area contributed by atoms with Gasteiger partial charge in [0.05, 0.1) is 6.61 Å². The van der Waals surface area contributed by atoms with E-state index in [9.17, 15) is 4.79 Å². The third kappa shape index (κ3) is 4.07. The maximum atomic E-state index is 12.8. The van der Waals surface area contributed by atoms with Crippen molar-refractivity contribution in [1.29, 1.82) is 0 Å². The molecule has 2 aromatic rings. The van der Waals surface area contributed by atoms with E-state index in [1.54, 1.807) is 0 Å². The van der Waals surface area contributed by atoms with Crippen molar-refractivity contribution in [3.05, 3.63) is 64.7 Å². The first kappa shape index (κ1) is 19.0. The van der Waals surface area contributed by atoms with E-state index in [1.807, 2.05) is 17.0 Å². The number of hydrogen-bond acceptors (Lipinski definition) is 3. The molecule has 28 heavy (non-hydrogen) atoms. The van der Waals surface area contributed by atoms with Crippen molar-refractivity contribution in [2.24, 2.45) is 0 Å². The molecule has 1 fully saturated rings. The van der Waals surface area contributed by atoms with Gasteiger partial charge in [0.2, 0.25) is 0 Å². The van der Waals surface area contributed by atoms with Crippen molar-refractivity contribution < 1.29 is 9.53 Å². The smallest absolute Gasteiger partial charge is 0.253 e. The number of amides is 1. The molecule has 0 unspecified atom stereocenters. The average molecular weight is 379 g/mol. The van der Waals surface area contributed by atoms with E-state index in [4.69, 9.17) is 4.74 Å². The molecule has 4 heteroatoms. The highest BCUT2D eigenvalue weighted by Gasteiger charge is 2.23. The summed E-state index contributed by atoms with van der Waals surface area (Å²) < 4.78 is 5.59. The summed E-state index contributed by atoms with van der Waals surface area (Å²) in [4.78, 5) is 17.3. The Morgan fingerprint density at radius 3 is 2.39 bits per heavy atom. The number of benzene rings is 2. The molecule has 1 saturated heterocycles. The largest absolute Gasteiger partial charge is 0.493 e. The first-order chi connectivity index (χ1) is 13.4. The van der Waals surface area contributed by atoms with Gasteiger partial charge < -0.3 is 9.64 Å². The Labute approximate surface area is 168 Å². The van der Waals surface area contributed by atoms with Crippen molar-refractivity contribution in [3.8, 4) is 5.75 Å². The van der Waals surface area contributed by atoms with Gasteiger partial charge >= 0.3 is 0 Å². The van der Waals surface area contributed by atoms with Gasteiger partial charge in [0.15, 0.2) is 0 Å². The predicted octanol–water partition coefficient (Wildman–Crippen LogP) is 3.88. The zero-order valence-corrected chi connectivity index (χ0v) is 17.2. The molecule has 2 aromatic carbocycles. The second kappa shape index (κ2) is 7.59. The number of carbonyl (C=O) groups excluding carboxylic acids is 1. The van der Waals surface area contributed by atoms with Crippen LogP contribution in [-0.2, 0) is 18.4 Å². The number of rotatable bonds is 3. The van der Waals surface area contributed by atoms with E-state index in [0.717, 1.165) is 57.1 Å². The predicted molar refractivity (Wildman–Crippen MR) is 112 cm³/mol. The van der Waals surface area contributed by atoms with Gasteiger partial charge in [0.25, 0.3) is 5.91 Å². The molecular weight excluding hydrogens is 348 g/mol. The maximum Gasteiger partial charge on any atom is 0.253 e. The fourth-order valence-electron chi connectivity index (χ4n) is 4.00. The highest BCUT2D eigenvalue weighted by Crippen LogP contribution is 2.27. The summed E-state index contributed by atoms with van der Waals surface area (Å²) >= 11 is 0. The van der Waals surface area contributed by atoms with Crippen molar-refractivity contribution in [2.45, 2.75) is 39.2 Å². The van der Waals surface area contributed by atoms with Crippen LogP contribution in [0.3, 0.4) is 0 Å². The summed E-state index contributed by atoms with van der Waals surface area (Å²) in [6, 6.07) is 14.7. The van der Waals surface area contributed by atoms with Crippen molar-refractivity contribution in [3.63, 3.8) is 0 Å². The highest BCUT2D eigenvalue weighted by atomic mass is 16.5. The molecule has 2 heterocycles. The van der Waals surface area contributed by atoms with Crippen LogP contribution in [0, 0.1) is 0 Å². The van der Waals surface area contributed by atoms with E-state index in [1.165, 1.54) is 16.7 Å². The molecule has 0 atom stereocenters. The van der Waals surface area contributed by atoms with Gasteiger partial charge in [-0.3, -0.25) is 9.69 Å². The van der Waals surface area contributed by atoms with E-state index in [0.29, 0.717) is 0 Å². The fraction of sp³-hybridized carbons (Fsp3) is 0.458. The molecular formula is C24H30N2O2. The van der Waals surface area contributed by atoms with Crippen molar-refractivity contribution >= 4 is 5.91 Å². The standard InChI is InChI=1S/C24H30N2O2/c1-24(2,3)21-7-5-19(6-8-21)23(27)26-13-11-25(12-14-26)17-18-4-9-22-20(16-18)10-15-28-22/h4-9,16H,10-15,17H2,1-3H3. The molecule has 0 spiro atoms.